The SMILES string of the molecule is Cc1ccc(CCNCc2cc([N+](=O)[O-])cc3[nH]c(=O)c(=O)[nH]c23)cc1. The Kier molecular flexibility index (Phi) is 4.94. The second kappa shape index (κ2) is 7.32. The number of nitro benzene ring substituents is 1. The van der Waals surface area contributed by atoms with E-state index >= 15 is 0 Å². The van der Waals surface area contributed by atoms with Gasteiger partial charge >= 0.3 is 11.1 Å². The summed E-state index contributed by atoms with van der Waals surface area (Å²) < 4.78 is 0. The number of aromatic amines is 2. The molecule has 0 bridgehead atoms. The number of fused-ring (bicyclic) bond motifs is 1. The van der Waals surface area contributed by atoms with Crippen LogP contribution in [0.25, 0.3) is 11.0 Å². The first-order valence-corrected chi connectivity index (χ1v) is 8.14. The first-order valence-electron chi connectivity index (χ1n) is 8.14. The molecule has 0 atom stereocenters. The highest BCUT2D eigenvalue weighted by atomic mass is 16.6. The van der Waals surface area contributed by atoms with E-state index in [0.717, 1.165) is 6.42 Å². The Labute approximate surface area is 148 Å². The Bertz CT molecular complexity index is 1070. The first kappa shape index (κ1) is 17.6. The van der Waals surface area contributed by atoms with E-state index in [2.05, 4.69) is 27.4 Å². The summed E-state index contributed by atoms with van der Waals surface area (Å²) in [6, 6.07) is 10.8. The van der Waals surface area contributed by atoms with Gasteiger partial charge in [0.2, 0.25) is 0 Å². The van der Waals surface area contributed by atoms with Crippen LogP contribution >= 0.6 is 0 Å². The average Bonchev–Trinajstić information content (AvgIpc) is 2.61. The maximum Gasteiger partial charge on any atom is 0.314 e. The zero-order chi connectivity index (χ0) is 18.7. The standard InChI is InChI=1S/C18H18N4O4/c1-11-2-4-12(5-3-11)6-7-19-10-13-8-14(22(25)26)9-15-16(13)21-18(24)17(23)20-15/h2-5,8-9,19H,6-7,10H2,1H3,(H,20,23)(H,21,24). The van der Waals surface area contributed by atoms with Crippen LogP contribution in [0.5, 0.6) is 0 Å². The fraction of sp³-hybridized carbons (Fsp3) is 0.222. The number of non-ortho nitro benzene ring substituents is 1. The molecule has 0 unspecified atom stereocenters. The zero-order valence-corrected chi connectivity index (χ0v) is 14.2. The summed E-state index contributed by atoms with van der Waals surface area (Å²) in [5.74, 6) is 0. The van der Waals surface area contributed by atoms with Gasteiger partial charge in [0.25, 0.3) is 5.69 Å². The van der Waals surface area contributed by atoms with Crippen LogP contribution in [0, 0.1) is 17.0 Å². The van der Waals surface area contributed by atoms with Crippen molar-refractivity contribution in [2.75, 3.05) is 6.54 Å². The van der Waals surface area contributed by atoms with E-state index in [1.165, 1.54) is 23.3 Å². The predicted octanol–water partition coefficient (Wildman–Crippen LogP) is 1.77. The fourth-order valence-electron chi connectivity index (χ4n) is 2.74. The summed E-state index contributed by atoms with van der Waals surface area (Å²) in [6.45, 7) is 3.02. The molecule has 3 aromatic rings. The molecule has 0 aliphatic rings. The maximum atomic E-state index is 11.6. The van der Waals surface area contributed by atoms with Crippen molar-refractivity contribution in [2.24, 2.45) is 0 Å². The van der Waals surface area contributed by atoms with Crippen molar-refractivity contribution < 1.29 is 4.92 Å². The molecule has 8 nitrogen and oxygen atoms in total. The van der Waals surface area contributed by atoms with Crippen LogP contribution in [0.2, 0.25) is 0 Å². The average molecular weight is 354 g/mol. The molecule has 2 aromatic carbocycles. The molecule has 0 amide bonds. The molecular formula is C18H18N4O4. The van der Waals surface area contributed by atoms with Crippen LogP contribution in [-0.4, -0.2) is 21.4 Å². The van der Waals surface area contributed by atoms with Crippen molar-refractivity contribution >= 4 is 16.7 Å². The highest BCUT2D eigenvalue weighted by Crippen LogP contribution is 2.21. The van der Waals surface area contributed by atoms with Crippen molar-refractivity contribution in [1.29, 1.82) is 0 Å². The zero-order valence-electron chi connectivity index (χ0n) is 14.2. The van der Waals surface area contributed by atoms with E-state index in [1.54, 1.807) is 0 Å². The lowest BCUT2D eigenvalue weighted by atomic mass is 10.1. The quantitative estimate of drug-likeness (QED) is 0.270. The minimum absolute atomic E-state index is 0.143. The Hall–Kier alpha value is -3.26. The van der Waals surface area contributed by atoms with Crippen LogP contribution < -0.4 is 16.4 Å². The molecule has 0 aliphatic heterocycles. The van der Waals surface area contributed by atoms with Gasteiger partial charge in [0.05, 0.1) is 16.0 Å². The predicted molar refractivity (Wildman–Crippen MR) is 98.4 cm³/mol. The number of aromatic nitrogens is 2. The molecular weight excluding hydrogens is 336 g/mol. The van der Waals surface area contributed by atoms with Gasteiger partial charge < -0.3 is 15.3 Å². The number of aryl methyl sites for hydroxylation is 1. The van der Waals surface area contributed by atoms with E-state index in [4.69, 9.17) is 0 Å². The van der Waals surface area contributed by atoms with Crippen LogP contribution in [0.15, 0.2) is 46.0 Å². The summed E-state index contributed by atoms with van der Waals surface area (Å²) in [5.41, 5.74) is 1.79. The number of hydrogen-bond acceptors (Lipinski definition) is 5. The van der Waals surface area contributed by atoms with E-state index < -0.39 is 16.0 Å². The molecule has 0 fully saturated rings. The molecule has 1 heterocycles. The number of nitro groups is 1. The highest BCUT2D eigenvalue weighted by Gasteiger charge is 2.13. The molecule has 134 valence electrons. The van der Waals surface area contributed by atoms with Gasteiger partial charge in [-0.25, -0.2) is 0 Å². The Balaban J connectivity index is 1.80. The number of benzene rings is 2. The summed E-state index contributed by atoms with van der Waals surface area (Å²) in [6.07, 6.45) is 0.806. The summed E-state index contributed by atoms with van der Waals surface area (Å²) in [5, 5.41) is 14.3. The minimum atomic E-state index is -0.837. The van der Waals surface area contributed by atoms with Crippen molar-refractivity contribution in [2.45, 2.75) is 19.9 Å². The number of rotatable bonds is 6. The van der Waals surface area contributed by atoms with Gasteiger partial charge in [-0.2, -0.15) is 0 Å². The topological polar surface area (TPSA) is 121 Å². The molecule has 3 rings (SSSR count). The van der Waals surface area contributed by atoms with Gasteiger partial charge in [0.15, 0.2) is 0 Å². The number of nitrogens with one attached hydrogen (secondary N) is 3. The summed E-state index contributed by atoms with van der Waals surface area (Å²) >= 11 is 0. The van der Waals surface area contributed by atoms with Gasteiger partial charge in [0.1, 0.15) is 0 Å². The number of nitrogens with zero attached hydrogens (tertiary/aromatic N) is 1. The first-order chi connectivity index (χ1) is 12.4. The lowest BCUT2D eigenvalue weighted by molar-refractivity contribution is -0.384. The lowest BCUT2D eigenvalue weighted by Gasteiger charge is -2.08. The second-order valence-electron chi connectivity index (χ2n) is 6.11. The molecule has 0 radical (unpaired) electrons. The van der Waals surface area contributed by atoms with Gasteiger partial charge in [-0.3, -0.25) is 19.7 Å². The van der Waals surface area contributed by atoms with Crippen LogP contribution in [0.1, 0.15) is 16.7 Å². The van der Waals surface area contributed by atoms with Crippen LogP contribution in [0.3, 0.4) is 0 Å². The normalized spacial score (nSPS) is 11.0. The van der Waals surface area contributed by atoms with E-state index in [1.807, 2.05) is 19.1 Å². The van der Waals surface area contributed by atoms with Crippen molar-refractivity contribution in [3.63, 3.8) is 0 Å². The monoisotopic (exact) mass is 354 g/mol. The van der Waals surface area contributed by atoms with Gasteiger partial charge in [-0.15, -0.1) is 0 Å². The Morgan fingerprint density at radius 2 is 1.77 bits per heavy atom. The lowest BCUT2D eigenvalue weighted by Crippen LogP contribution is -2.29. The van der Waals surface area contributed by atoms with E-state index in [0.29, 0.717) is 24.2 Å². The van der Waals surface area contributed by atoms with Crippen molar-refractivity contribution in [3.05, 3.63) is 83.9 Å². The van der Waals surface area contributed by atoms with Gasteiger partial charge in [0, 0.05) is 18.7 Å². The molecule has 0 spiro atoms. The molecule has 1 aromatic heterocycles. The smallest absolute Gasteiger partial charge is 0.314 e. The van der Waals surface area contributed by atoms with Crippen LogP contribution in [0.4, 0.5) is 5.69 Å². The largest absolute Gasteiger partial charge is 0.316 e. The molecule has 8 heteroatoms. The minimum Gasteiger partial charge on any atom is -0.316 e. The van der Waals surface area contributed by atoms with Crippen molar-refractivity contribution in [3.8, 4) is 0 Å². The van der Waals surface area contributed by atoms with Gasteiger partial charge in [-0.1, -0.05) is 29.8 Å². The number of hydrogen-bond donors (Lipinski definition) is 3. The third-order valence-corrected chi connectivity index (χ3v) is 4.14. The Morgan fingerprint density at radius 1 is 1.08 bits per heavy atom. The third-order valence-electron chi connectivity index (χ3n) is 4.14. The highest BCUT2D eigenvalue weighted by molar-refractivity contribution is 5.80. The third kappa shape index (κ3) is 3.86. The number of H-pyrrole nitrogens is 2. The van der Waals surface area contributed by atoms with Gasteiger partial charge in [-0.05, 0) is 31.0 Å². The van der Waals surface area contributed by atoms with Crippen LogP contribution in [-0.2, 0) is 13.0 Å². The maximum absolute atomic E-state index is 11.6. The van der Waals surface area contributed by atoms with Crippen molar-refractivity contribution in [1.82, 2.24) is 15.3 Å². The van der Waals surface area contributed by atoms with E-state index in [-0.39, 0.29) is 11.2 Å². The molecule has 3 N–H and O–H groups in total. The second-order valence-corrected chi connectivity index (χ2v) is 6.11. The molecule has 26 heavy (non-hydrogen) atoms. The Morgan fingerprint density at radius 3 is 2.46 bits per heavy atom. The summed E-state index contributed by atoms with van der Waals surface area (Å²) in [7, 11) is 0. The fourth-order valence-corrected chi connectivity index (χ4v) is 2.74. The molecule has 0 aliphatic carbocycles. The summed E-state index contributed by atoms with van der Waals surface area (Å²) in [4.78, 5) is 38.5. The molecule has 0 saturated heterocycles. The van der Waals surface area contributed by atoms with E-state index in [9.17, 15) is 19.7 Å². The molecule has 0 saturated carbocycles.